The monoisotopic (exact) mass is 251 g/mol. The summed E-state index contributed by atoms with van der Waals surface area (Å²) in [6.45, 7) is 3.40. The van der Waals surface area contributed by atoms with Crippen molar-refractivity contribution >= 4 is 17.5 Å². The number of rotatable bonds is 1. The molecule has 1 aromatic carbocycles. The molecule has 1 saturated heterocycles. The Labute approximate surface area is 108 Å². The quantitative estimate of drug-likeness (QED) is 0.749. The average Bonchev–Trinajstić information content (AvgIpc) is 2.55. The van der Waals surface area contributed by atoms with Gasteiger partial charge in [-0.15, -0.1) is 0 Å². The molecule has 1 aliphatic rings. The van der Waals surface area contributed by atoms with Crippen LogP contribution >= 0.6 is 11.6 Å². The number of amides is 1. The molecule has 0 spiro atoms. The molecule has 92 valence electrons. The van der Waals surface area contributed by atoms with Gasteiger partial charge in [-0.2, -0.15) is 0 Å². The normalized spacial score (nSPS) is 21.1. The van der Waals surface area contributed by atoms with E-state index in [0.29, 0.717) is 5.92 Å². The molecule has 1 heterocycles. The van der Waals surface area contributed by atoms with Crippen LogP contribution in [0, 0.1) is 0 Å². The van der Waals surface area contributed by atoms with E-state index in [1.807, 2.05) is 17.0 Å². The van der Waals surface area contributed by atoms with Crippen molar-refractivity contribution in [3.8, 4) is 0 Å². The second kappa shape index (κ2) is 5.54. The summed E-state index contributed by atoms with van der Waals surface area (Å²) in [6.07, 6.45) is 3.46. The van der Waals surface area contributed by atoms with Gasteiger partial charge < -0.3 is 4.90 Å². The lowest BCUT2D eigenvalue weighted by atomic mass is 9.94. The van der Waals surface area contributed by atoms with Crippen molar-refractivity contribution < 1.29 is 4.79 Å². The molecule has 1 fully saturated rings. The minimum atomic E-state index is 0.186. The summed E-state index contributed by atoms with van der Waals surface area (Å²) in [6, 6.07) is 8.02. The van der Waals surface area contributed by atoms with Crippen molar-refractivity contribution in [1.82, 2.24) is 4.90 Å². The summed E-state index contributed by atoms with van der Waals surface area (Å²) < 4.78 is 0. The van der Waals surface area contributed by atoms with Gasteiger partial charge in [-0.3, -0.25) is 4.79 Å². The summed E-state index contributed by atoms with van der Waals surface area (Å²) in [4.78, 5) is 13.5. The molecule has 1 aliphatic heterocycles. The van der Waals surface area contributed by atoms with E-state index in [9.17, 15) is 4.79 Å². The molecule has 0 aliphatic carbocycles. The second-order valence-corrected chi connectivity index (χ2v) is 5.15. The van der Waals surface area contributed by atoms with Gasteiger partial charge in [0.1, 0.15) is 0 Å². The van der Waals surface area contributed by atoms with E-state index in [-0.39, 0.29) is 5.91 Å². The Balaban J connectivity index is 2.13. The number of benzene rings is 1. The summed E-state index contributed by atoms with van der Waals surface area (Å²) in [5.74, 6) is 0.643. The SMILES string of the molecule is CC(=O)N1CCCC[C@@H](c2ccc(Cl)cc2)C1. The first kappa shape index (κ1) is 12.4. The highest BCUT2D eigenvalue weighted by atomic mass is 35.5. The average molecular weight is 252 g/mol. The number of carbonyl (C=O) groups excluding carboxylic acids is 1. The van der Waals surface area contributed by atoms with Crippen LogP contribution in [0.15, 0.2) is 24.3 Å². The van der Waals surface area contributed by atoms with Crippen LogP contribution in [-0.4, -0.2) is 23.9 Å². The fraction of sp³-hybridized carbons (Fsp3) is 0.500. The minimum absolute atomic E-state index is 0.186. The molecular formula is C14H18ClNO. The first-order valence-electron chi connectivity index (χ1n) is 6.18. The van der Waals surface area contributed by atoms with E-state index >= 15 is 0 Å². The molecule has 0 aromatic heterocycles. The highest BCUT2D eigenvalue weighted by Crippen LogP contribution is 2.27. The topological polar surface area (TPSA) is 20.3 Å². The first-order chi connectivity index (χ1) is 8.16. The molecule has 17 heavy (non-hydrogen) atoms. The van der Waals surface area contributed by atoms with E-state index in [0.717, 1.165) is 31.0 Å². The molecule has 1 aromatic rings. The van der Waals surface area contributed by atoms with E-state index in [1.165, 1.54) is 12.0 Å². The van der Waals surface area contributed by atoms with E-state index in [4.69, 9.17) is 11.6 Å². The van der Waals surface area contributed by atoms with Gasteiger partial charge >= 0.3 is 0 Å². The molecule has 1 atom stereocenters. The van der Waals surface area contributed by atoms with Gasteiger partial charge in [0, 0.05) is 31.0 Å². The molecule has 3 heteroatoms. The zero-order chi connectivity index (χ0) is 12.3. The third kappa shape index (κ3) is 3.22. The fourth-order valence-corrected chi connectivity index (χ4v) is 2.56. The minimum Gasteiger partial charge on any atom is -0.342 e. The van der Waals surface area contributed by atoms with Crippen molar-refractivity contribution in [3.63, 3.8) is 0 Å². The maximum Gasteiger partial charge on any atom is 0.219 e. The standard InChI is InChI=1S/C14H18ClNO/c1-11(17)16-9-3-2-4-13(10-16)12-5-7-14(15)8-6-12/h5-8,13H,2-4,9-10H2,1H3/t13-/m1/s1. The Hall–Kier alpha value is -1.02. The third-order valence-electron chi connectivity index (χ3n) is 3.46. The van der Waals surface area contributed by atoms with Crippen LogP contribution in [0.2, 0.25) is 5.02 Å². The van der Waals surface area contributed by atoms with E-state index in [2.05, 4.69) is 12.1 Å². The molecule has 0 saturated carbocycles. The second-order valence-electron chi connectivity index (χ2n) is 4.71. The first-order valence-corrected chi connectivity index (χ1v) is 6.55. The summed E-state index contributed by atoms with van der Waals surface area (Å²) >= 11 is 5.90. The van der Waals surface area contributed by atoms with Gasteiger partial charge in [0.05, 0.1) is 0 Å². The Morgan fingerprint density at radius 2 is 2.00 bits per heavy atom. The van der Waals surface area contributed by atoms with Gasteiger partial charge in [0.2, 0.25) is 5.91 Å². The van der Waals surface area contributed by atoms with E-state index in [1.54, 1.807) is 6.92 Å². The van der Waals surface area contributed by atoms with Crippen LogP contribution in [0.4, 0.5) is 0 Å². The van der Waals surface area contributed by atoms with Crippen LogP contribution in [0.1, 0.15) is 37.7 Å². The van der Waals surface area contributed by atoms with Crippen LogP contribution in [0.5, 0.6) is 0 Å². The maximum absolute atomic E-state index is 11.5. The van der Waals surface area contributed by atoms with Gasteiger partial charge in [-0.1, -0.05) is 30.2 Å². The van der Waals surface area contributed by atoms with Crippen LogP contribution in [0.3, 0.4) is 0 Å². The maximum atomic E-state index is 11.5. The molecule has 0 unspecified atom stereocenters. The number of carbonyl (C=O) groups is 1. The van der Waals surface area contributed by atoms with Crippen LogP contribution in [-0.2, 0) is 4.79 Å². The molecule has 0 bridgehead atoms. The Morgan fingerprint density at radius 3 is 2.65 bits per heavy atom. The lowest BCUT2D eigenvalue weighted by molar-refractivity contribution is -0.128. The van der Waals surface area contributed by atoms with Crippen LogP contribution in [0.25, 0.3) is 0 Å². The van der Waals surface area contributed by atoms with Crippen LogP contribution < -0.4 is 0 Å². The zero-order valence-corrected chi connectivity index (χ0v) is 10.9. The number of halogens is 1. The van der Waals surface area contributed by atoms with Gasteiger partial charge in [-0.25, -0.2) is 0 Å². The number of likely N-dealkylation sites (tertiary alicyclic amines) is 1. The number of nitrogens with zero attached hydrogens (tertiary/aromatic N) is 1. The van der Waals surface area contributed by atoms with Gasteiger partial charge in [-0.05, 0) is 30.5 Å². The molecule has 0 radical (unpaired) electrons. The number of hydrogen-bond acceptors (Lipinski definition) is 1. The van der Waals surface area contributed by atoms with Gasteiger partial charge in [0.25, 0.3) is 0 Å². The highest BCUT2D eigenvalue weighted by Gasteiger charge is 2.20. The Bertz CT molecular complexity index is 388. The number of hydrogen-bond donors (Lipinski definition) is 0. The predicted molar refractivity (Wildman–Crippen MR) is 70.3 cm³/mol. The summed E-state index contributed by atoms with van der Waals surface area (Å²) in [5.41, 5.74) is 1.29. The van der Waals surface area contributed by atoms with Crippen molar-refractivity contribution in [2.45, 2.75) is 32.1 Å². The fourth-order valence-electron chi connectivity index (χ4n) is 2.44. The van der Waals surface area contributed by atoms with Gasteiger partial charge in [0.15, 0.2) is 0 Å². The third-order valence-corrected chi connectivity index (χ3v) is 3.71. The molecule has 1 amide bonds. The van der Waals surface area contributed by atoms with Crippen molar-refractivity contribution in [1.29, 1.82) is 0 Å². The summed E-state index contributed by atoms with van der Waals surface area (Å²) in [5, 5.41) is 0.769. The van der Waals surface area contributed by atoms with E-state index < -0.39 is 0 Å². The largest absolute Gasteiger partial charge is 0.342 e. The Kier molecular flexibility index (Phi) is 4.06. The van der Waals surface area contributed by atoms with Crippen molar-refractivity contribution in [2.24, 2.45) is 0 Å². The lowest BCUT2D eigenvalue weighted by Crippen LogP contribution is -2.32. The smallest absolute Gasteiger partial charge is 0.219 e. The highest BCUT2D eigenvalue weighted by molar-refractivity contribution is 6.30. The van der Waals surface area contributed by atoms with Crippen molar-refractivity contribution in [3.05, 3.63) is 34.9 Å². The molecule has 0 N–H and O–H groups in total. The van der Waals surface area contributed by atoms with Crippen molar-refractivity contribution in [2.75, 3.05) is 13.1 Å². The molecule has 2 rings (SSSR count). The predicted octanol–water partition coefficient (Wildman–Crippen LogP) is 3.46. The Morgan fingerprint density at radius 1 is 1.29 bits per heavy atom. The molecule has 2 nitrogen and oxygen atoms in total. The summed E-state index contributed by atoms with van der Waals surface area (Å²) in [7, 11) is 0. The molecular weight excluding hydrogens is 234 g/mol. The zero-order valence-electron chi connectivity index (χ0n) is 10.2. The lowest BCUT2D eigenvalue weighted by Gasteiger charge is -2.23.